The summed E-state index contributed by atoms with van der Waals surface area (Å²) in [7, 11) is 0. The second-order valence-corrected chi connectivity index (χ2v) is 29.0. The van der Waals surface area contributed by atoms with E-state index in [9.17, 15) is 0 Å². The van der Waals surface area contributed by atoms with E-state index >= 15 is 0 Å². The molecule has 2 heteroatoms. The maximum absolute atomic E-state index is 4.14. The van der Waals surface area contributed by atoms with Crippen LogP contribution in [0.25, 0.3) is 78.2 Å². The highest BCUT2D eigenvalue weighted by atomic mass is 15.1. The Morgan fingerprint density at radius 2 is 0.623 bits per heavy atom. The molecule has 0 saturated carbocycles. The molecule has 0 aromatic heterocycles. The Hall–Kier alpha value is -12.1. The number of hydrogen-bond acceptors (Lipinski definition) is 2. The van der Waals surface area contributed by atoms with E-state index in [1.165, 1.54) is 160 Å². The van der Waals surface area contributed by atoms with Gasteiger partial charge in [0, 0.05) is 33.5 Å². The summed E-state index contributed by atoms with van der Waals surface area (Å²) in [6.45, 7) is 12.9. The Morgan fingerprint density at radius 3 is 1.03 bits per heavy atom. The molecule has 2 nitrogen and oxygen atoms in total. The summed E-state index contributed by atoms with van der Waals surface area (Å²) in [6, 6.07) is 129. The van der Waals surface area contributed by atoms with Crippen molar-refractivity contribution < 1.29 is 0 Å². The highest BCUT2D eigenvalue weighted by Gasteiger charge is 2.48. The first-order chi connectivity index (χ1) is 52.4. The van der Waals surface area contributed by atoms with Crippen LogP contribution in [0.1, 0.15) is 132 Å². The number of hydrogen-bond donors (Lipinski definition) is 0. The average molecular weight is 1370 g/mol. The van der Waals surface area contributed by atoms with Crippen LogP contribution in [0.5, 0.6) is 0 Å². The molecule has 0 amide bonds. The zero-order chi connectivity index (χ0) is 71.6. The fourth-order valence-electron chi connectivity index (χ4n) is 17.9. The highest BCUT2D eigenvalue weighted by Crippen LogP contribution is 2.60. The van der Waals surface area contributed by atoms with Crippen molar-refractivity contribution in [3.63, 3.8) is 0 Å². The predicted molar refractivity (Wildman–Crippen MR) is 452 cm³/mol. The highest BCUT2D eigenvalue weighted by molar-refractivity contribution is 6.02. The summed E-state index contributed by atoms with van der Waals surface area (Å²) in [5, 5.41) is 4.81. The van der Waals surface area contributed by atoms with Gasteiger partial charge in [0.1, 0.15) is 0 Å². The van der Waals surface area contributed by atoms with Gasteiger partial charge in [-0.1, -0.05) is 357 Å². The van der Waals surface area contributed by atoms with Crippen LogP contribution in [0.3, 0.4) is 0 Å². The maximum Gasteiger partial charge on any atom is 0.0714 e. The molecule has 17 rings (SSSR count). The third-order valence-electron chi connectivity index (χ3n) is 23.0. The Morgan fingerprint density at radius 1 is 0.274 bits per heavy atom. The quantitative estimate of drug-likeness (QED) is 0.0557. The first kappa shape index (κ1) is 67.1. The molecule has 2 aliphatic rings. The van der Waals surface area contributed by atoms with E-state index in [-0.39, 0.29) is 0 Å². The summed E-state index contributed by atoms with van der Waals surface area (Å²) in [4.78, 5) is 5.02. The standard InChI is InChI=1S/C104H88N2/c1-5-9-11-15-33-79-69-96(78-55-63-86(64-56-78)106(102-48-30-36-76-32-22-24-42-90(76)102)88-66-68-94-92-44-26-28-46-98(92)104(100(94)72-88,82-39-19-14-20-40-82)84-59-51-74(8-4)52-60-84)80(34-16-12-10-6-2)70-95(79)77-53-61-85(62-54-77)105(101-47-29-35-75-31-21-23-41-89(75)101)87-65-67-93-91-43-25-27-45-97(91)103(99(93)71-87,81-37-17-13-18-38-81)83-57-49-73(7-3)50-58-83/h7-8,13-14,17-32,35-72H,3-6,9-12,15-16,33-34H2,1-2H3. The summed E-state index contributed by atoms with van der Waals surface area (Å²) < 4.78 is 0. The molecule has 0 spiro atoms. The molecule has 514 valence electrons. The van der Waals surface area contributed by atoms with Gasteiger partial charge in [0.2, 0.25) is 0 Å². The minimum atomic E-state index is -0.584. The lowest BCUT2D eigenvalue weighted by Gasteiger charge is -2.35. The first-order valence-electron chi connectivity index (χ1n) is 38.4. The van der Waals surface area contributed by atoms with Crippen molar-refractivity contribution in [2.75, 3.05) is 9.80 Å². The molecule has 0 saturated heterocycles. The molecule has 106 heavy (non-hydrogen) atoms. The number of anilines is 6. The molecule has 2 unspecified atom stereocenters. The van der Waals surface area contributed by atoms with E-state index in [1.807, 2.05) is 12.2 Å². The van der Waals surface area contributed by atoms with Gasteiger partial charge in [-0.05, 0) is 208 Å². The van der Waals surface area contributed by atoms with Crippen LogP contribution in [0.2, 0.25) is 0 Å². The van der Waals surface area contributed by atoms with E-state index in [2.05, 4.69) is 377 Å². The molecule has 0 aliphatic heterocycles. The van der Waals surface area contributed by atoms with Gasteiger partial charge in [0.05, 0.1) is 22.2 Å². The van der Waals surface area contributed by atoms with Crippen LogP contribution < -0.4 is 9.80 Å². The van der Waals surface area contributed by atoms with E-state index in [4.69, 9.17) is 0 Å². The van der Waals surface area contributed by atoms with Gasteiger partial charge in [-0.3, -0.25) is 0 Å². The second-order valence-electron chi connectivity index (χ2n) is 29.0. The summed E-state index contributed by atoms with van der Waals surface area (Å²) in [5.74, 6) is 0. The minimum Gasteiger partial charge on any atom is -0.310 e. The summed E-state index contributed by atoms with van der Waals surface area (Å²) in [5.41, 5.74) is 30.8. The van der Waals surface area contributed by atoms with Crippen molar-refractivity contribution in [3.05, 3.63) is 420 Å². The van der Waals surface area contributed by atoms with E-state index < -0.39 is 10.8 Å². The van der Waals surface area contributed by atoms with Crippen LogP contribution in [0, 0.1) is 0 Å². The number of aryl methyl sites for hydroxylation is 2. The van der Waals surface area contributed by atoms with Crippen LogP contribution in [-0.2, 0) is 23.7 Å². The van der Waals surface area contributed by atoms with Crippen molar-refractivity contribution in [1.82, 2.24) is 0 Å². The van der Waals surface area contributed by atoms with Crippen molar-refractivity contribution in [2.45, 2.75) is 88.9 Å². The minimum absolute atomic E-state index is 0.584. The fraction of sp³-hybridized carbons (Fsp3) is 0.135. The zero-order valence-electron chi connectivity index (χ0n) is 60.9. The van der Waals surface area contributed by atoms with Gasteiger partial charge >= 0.3 is 0 Å². The lowest BCUT2D eigenvalue weighted by molar-refractivity contribution is 0.664. The smallest absolute Gasteiger partial charge is 0.0714 e. The van der Waals surface area contributed by atoms with Crippen molar-refractivity contribution >= 4 is 67.8 Å². The molecule has 15 aromatic carbocycles. The van der Waals surface area contributed by atoms with E-state index in [0.29, 0.717) is 0 Å². The maximum atomic E-state index is 4.14. The number of benzene rings is 15. The van der Waals surface area contributed by atoms with Crippen molar-refractivity contribution in [2.24, 2.45) is 0 Å². The number of nitrogens with zero attached hydrogens (tertiary/aromatic N) is 2. The molecule has 0 N–H and O–H groups in total. The van der Waals surface area contributed by atoms with Gasteiger partial charge in [-0.25, -0.2) is 0 Å². The number of fused-ring (bicyclic) bond motifs is 8. The monoisotopic (exact) mass is 1360 g/mol. The zero-order valence-corrected chi connectivity index (χ0v) is 60.9. The van der Waals surface area contributed by atoms with Gasteiger partial charge in [0.15, 0.2) is 0 Å². The molecule has 0 radical (unpaired) electrons. The van der Waals surface area contributed by atoms with Crippen molar-refractivity contribution in [3.8, 4) is 44.5 Å². The number of unbranched alkanes of at least 4 members (excludes halogenated alkanes) is 6. The van der Waals surface area contributed by atoms with Crippen LogP contribution in [0.4, 0.5) is 34.1 Å². The van der Waals surface area contributed by atoms with Gasteiger partial charge in [-0.15, -0.1) is 0 Å². The molecule has 0 fully saturated rings. The predicted octanol–water partition coefficient (Wildman–Crippen LogP) is 28.5. The Bertz CT molecular complexity index is 5340. The average Bonchev–Trinajstić information content (AvgIpc) is 1.54. The van der Waals surface area contributed by atoms with Crippen molar-refractivity contribution in [1.29, 1.82) is 0 Å². The topological polar surface area (TPSA) is 6.48 Å². The Labute approximate surface area is 626 Å². The van der Waals surface area contributed by atoms with Gasteiger partial charge < -0.3 is 9.80 Å². The number of rotatable bonds is 24. The summed E-state index contributed by atoms with van der Waals surface area (Å²) >= 11 is 0. The van der Waals surface area contributed by atoms with E-state index in [1.54, 1.807) is 0 Å². The lowest BCUT2D eigenvalue weighted by Crippen LogP contribution is -2.28. The van der Waals surface area contributed by atoms with Crippen LogP contribution >= 0.6 is 0 Å². The molecule has 0 heterocycles. The third kappa shape index (κ3) is 11.8. The van der Waals surface area contributed by atoms with E-state index in [0.717, 1.165) is 70.9 Å². The molecule has 2 aliphatic carbocycles. The lowest BCUT2D eigenvalue weighted by atomic mass is 9.67. The molecule has 2 atom stereocenters. The SMILES string of the molecule is C=Cc1ccc(C2(c3ccccc3)c3ccccc3-c3ccc(N(c4ccc(-c5cc(CCCCCC)c(-c6ccc(N(c7ccc8c(c7)C(c7ccccc7)(c7ccc(C=C)cc7)c7ccccc7-8)c7cccc8ccccc78)cc6)cc5CCCCCC)cc4)c4cccc5ccccc45)cc32)cc1. The van der Waals surface area contributed by atoms with Gasteiger partial charge in [0.25, 0.3) is 0 Å². The second kappa shape index (κ2) is 29.2. The van der Waals surface area contributed by atoms with Crippen LogP contribution in [-0.4, -0.2) is 0 Å². The first-order valence-corrected chi connectivity index (χ1v) is 38.4. The van der Waals surface area contributed by atoms with Gasteiger partial charge in [-0.2, -0.15) is 0 Å². The third-order valence-corrected chi connectivity index (χ3v) is 23.0. The van der Waals surface area contributed by atoms with Crippen LogP contribution in [0.15, 0.2) is 353 Å². The molecular formula is C104H88N2. The largest absolute Gasteiger partial charge is 0.310 e. The molecule has 0 bridgehead atoms. The molecule has 15 aromatic rings. The fourth-order valence-corrected chi connectivity index (χ4v) is 17.9. The Balaban J connectivity index is 0.794. The normalized spacial score (nSPS) is 14.7. The molecular weight excluding hydrogens is 1280 g/mol. The Kier molecular flexibility index (Phi) is 18.5. The summed E-state index contributed by atoms with van der Waals surface area (Å²) in [6.07, 6.45) is 15.4.